The first-order chi connectivity index (χ1) is 4.85. The molecule has 10 heavy (non-hydrogen) atoms. The zero-order chi connectivity index (χ0) is 7.82. The first-order valence-corrected chi connectivity index (χ1v) is 3.56. The molecule has 0 rings (SSSR count). The molecular weight excluding hydrogens is 130 g/mol. The molecule has 0 saturated heterocycles. The average Bonchev–Trinajstić information content (AvgIpc) is 1.99. The van der Waals surface area contributed by atoms with E-state index >= 15 is 0 Å². The van der Waals surface area contributed by atoms with Crippen molar-refractivity contribution in [2.45, 2.75) is 13.8 Å². The van der Waals surface area contributed by atoms with Crippen LogP contribution < -0.4 is 0 Å². The molecule has 0 aromatic heterocycles. The predicted octanol–water partition coefficient (Wildman–Crippen LogP) is 0.412. The maximum Gasteiger partial charge on any atom is 0.417 e. The van der Waals surface area contributed by atoms with Gasteiger partial charge in [-0.25, -0.2) is 4.79 Å². The monoisotopic (exact) mass is 144 g/mol. The van der Waals surface area contributed by atoms with Crippen molar-refractivity contribution in [1.82, 2.24) is 4.90 Å². The molecule has 0 amide bonds. The molecule has 1 radical (unpaired) electrons. The summed E-state index contributed by atoms with van der Waals surface area (Å²) < 4.78 is 4.42. The molecule has 0 aliphatic rings. The minimum absolute atomic E-state index is 0.450. The Balaban J connectivity index is 3.16. The molecule has 0 aliphatic carbocycles. The fourth-order valence-electron chi connectivity index (χ4n) is 0.756. The lowest BCUT2D eigenvalue weighted by Gasteiger charge is -2.16. The van der Waals surface area contributed by atoms with Gasteiger partial charge in [-0.3, -0.25) is 0 Å². The second-order valence-corrected chi connectivity index (χ2v) is 1.96. The highest BCUT2D eigenvalue weighted by atomic mass is 16.5. The number of rotatable bonds is 6. The number of likely N-dealkylation sites (N-methyl/N-ethyl adjacent to an activating group) is 1. The van der Waals surface area contributed by atoms with E-state index in [9.17, 15) is 4.79 Å². The van der Waals surface area contributed by atoms with E-state index in [-0.39, 0.29) is 0 Å². The van der Waals surface area contributed by atoms with Gasteiger partial charge in [-0.15, -0.1) is 0 Å². The van der Waals surface area contributed by atoms with Gasteiger partial charge in [0.05, 0.1) is 0 Å². The summed E-state index contributed by atoms with van der Waals surface area (Å²) in [6.07, 6.45) is 0. The standard InChI is InChI=1S/C7H14NO2/c1-3-8(4-2)5-6-10-7-9/h3-6H2,1-2H3. The van der Waals surface area contributed by atoms with Crippen LogP contribution in [0.3, 0.4) is 0 Å². The number of hydrogen-bond acceptors (Lipinski definition) is 3. The zero-order valence-electron chi connectivity index (χ0n) is 6.59. The Labute approximate surface area is 62.0 Å². The lowest BCUT2D eigenvalue weighted by Crippen LogP contribution is -2.26. The first-order valence-electron chi connectivity index (χ1n) is 3.56. The van der Waals surface area contributed by atoms with Crippen LogP contribution in [0, 0.1) is 0 Å². The Hall–Kier alpha value is -0.570. The van der Waals surface area contributed by atoms with Crippen molar-refractivity contribution in [2.75, 3.05) is 26.2 Å². The van der Waals surface area contributed by atoms with Crippen LogP contribution in [0.2, 0.25) is 0 Å². The van der Waals surface area contributed by atoms with E-state index in [2.05, 4.69) is 23.5 Å². The van der Waals surface area contributed by atoms with Gasteiger partial charge >= 0.3 is 6.47 Å². The van der Waals surface area contributed by atoms with E-state index in [4.69, 9.17) is 0 Å². The molecule has 0 atom stereocenters. The van der Waals surface area contributed by atoms with Gasteiger partial charge in [-0.2, -0.15) is 0 Å². The lowest BCUT2D eigenvalue weighted by molar-refractivity contribution is 0.207. The second kappa shape index (κ2) is 6.55. The third kappa shape index (κ3) is 4.32. The molecule has 0 fully saturated rings. The van der Waals surface area contributed by atoms with Crippen molar-refractivity contribution in [2.24, 2.45) is 0 Å². The zero-order valence-corrected chi connectivity index (χ0v) is 6.59. The third-order valence-electron chi connectivity index (χ3n) is 1.46. The molecule has 0 unspecified atom stereocenters. The van der Waals surface area contributed by atoms with E-state index in [0.717, 1.165) is 19.6 Å². The highest BCUT2D eigenvalue weighted by Gasteiger charge is 1.96. The molecule has 0 aromatic rings. The molecule has 3 heteroatoms. The molecule has 0 aliphatic heterocycles. The van der Waals surface area contributed by atoms with Gasteiger partial charge < -0.3 is 9.64 Å². The van der Waals surface area contributed by atoms with Gasteiger partial charge in [0, 0.05) is 6.54 Å². The number of hydrogen-bond donors (Lipinski definition) is 0. The summed E-state index contributed by atoms with van der Waals surface area (Å²) in [4.78, 5) is 11.8. The SMILES string of the molecule is CCN(CC)CCO[C]=O. The molecule has 0 saturated carbocycles. The van der Waals surface area contributed by atoms with E-state index < -0.39 is 0 Å². The summed E-state index contributed by atoms with van der Waals surface area (Å²) in [6, 6.07) is 0. The molecule has 0 aromatic carbocycles. The van der Waals surface area contributed by atoms with Crippen LogP contribution in [0.4, 0.5) is 0 Å². The topological polar surface area (TPSA) is 29.5 Å². The molecule has 0 spiro atoms. The summed E-state index contributed by atoms with van der Waals surface area (Å²) in [5, 5.41) is 0. The number of carbonyl (C=O) groups excluding carboxylic acids is 1. The molecule has 0 bridgehead atoms. The Kier molecular flexibility index (Phi) is 6.18. The Bertz CT molecular complexity index is 81.7. The van der Waals surface area contributed by atoms with E-state index in [0.29, 0.717) is 6.61 Å². The molecule has 0 N–H and O–H groups in total. The second-order valence-electron chi connectivity index (χ2n) is 1.96. The smallest absolute Gasteiger partial charge is 0.417 e. The van der Waals surface area contributed by atoms with Crippen LogP contribution in [-0.2, 0) is 9.53 Å². The number of nitrogens with zero attached hydrogens (tertiary/aromatic N) is 1. The predicted molar refractivity (Wildman–Crippen MR) is 39.4 cm³/mol. The van der Waals surface area contributed by atoms with Crippen LogP contribution in [0.5, 0.6) is 0 Å². The summed E-state index contributed by atoms with van der Waals surface area (Å²) in [5.41, 5.74) is 0. The Morgan fingerprint density at radius 1 is 1.40 bits per heavy atom. The van der Waals surface area contributed by atoms with Crippen LogP contribution in [-0.4, -0.2) is 37.6 Å². The van der Waals surface area contributed by atoms with Gasteiger partial charge in [-0.05, 0) is 13.1 Å². The van der Waals surface area contributed by atoms with Crippen LogP contribution >= 0.6 is 0 Å². The molecule has 59 valence electrons. The van der Waals surface area contributed by atoms with Crippen LogP contribution in [0.25, 0.3) is 0 Å². The fourth-order valence-corrected chi connectivity index (χ4v) is 0.756. The van der Waals surface area contributed by atoms with Crippen molar-refractivity contribution in [3.05, 3.63) is 0 Å². The van der Waals surface area contributed by atoms with Gasteiger partial charge in [0.2, 0.25) is 0 Å². The fraction of sp³-hybridized carbons (Fsp3) is 0.857. The Morgan fingerprint density at radius 2 is 2.00 bits per heavy atom. The number of ether oxygens (including phenoxy) is 1. The van der Waals surface area contributed by atoms with E-state index in [1.54, 1.807) is 0 Å². The summed E-state index contributed by atoms with van der Waals surface area (Å²) in [7, 11) is 0. The van der Waals surface area contributed by atoms with Crippen molar-refractivity contribution in [3.8, 4) is 0 Å². The minimum Gasteiger partial charge on any atom is -0.456 e. The van der Waals surface area contributed by atoms with Gasteiger partial charge in [0.25, 0.3) is 0 Å². The maximum atomic E-state index is 9.60. The van der Waals surface area contributed by atoms with Crippen molar-refractivity contribution in [3.63, 3.8) is 0 Å². The lowest BCUT2D eigenvalue weighted by atomic mass is 10.5. The Morgan fingerprint density at radius 3 is 2.40 bits per heavy atom. The highest BCUT2D eigenvalue weighted by Crippen LogP contribution is 1.84. The molecular formula is C7H14NO2. The average molecular weight is 144 g/mol. The normalized spacial score (nSPS) is 9.90. The first kappa shape index (κ1) is 9.43. The van der Waals surface area contributed by atoms with Crippen LogP contribution in [0.1, 0.15) is 13.8 Å². The highest BCUT2D eigenvalue weighted by molar-refractivity contribution is 5.38. The van der Waals surface area contributed by atoms with Crippen LogP contribution in [0.15, 0.2) is 0 Å². The quantitative estimate of drug-likeness (QED) is 0.506. The van der Waals surface area contributed by atoms with Crippen molar-refractivity contribution < 1.29 is 9.53 Å². The van der Waals surface area contributed by atoms with Crippen molar-refractivity contribution >= 4 is 6.47 Å². The van der Waals surface area contributed by atoms with Crippen molar-refractivity contribution in [1.29, 1.82) is 0 Å². The summed E-state index contributed by atoms with van der Waals surface area (Å²) in [6.45, 7) is 8.80. The third-order valence-corrected chi connectivity index (χ3v) is 1.46. The van der Waals surface area contributed by atoms with Gasteiger partial charge in [-0.1, -0.05) is 13.8 Å². The summed E-state index contributed by atoms with van der Waals surface area (Å²) >= 11 is 0. The summed E-state index contributed by atoms with van der Waals surface area (Å²) in [5.74, 6) is 0. The largest absolute Gasteiger partial charge is 0.456 e. The maximum absolute atomic E-state index is 9.60. The minimum atomic E-state index is 0.450. The van der Waals surface area contributed by atoms with Gasteiger partial charge in [0.1, 0.15) is 6.61 Å². The van der Waals surface area contributed by atoms with E-state index in [1.807, 2.05) is 0 Å². The van der Waals surface area contributed by atoms with Gasteiger partial charge in [0.15, 0.2) is 0 Å². The molecule has 3 nitrogen and oxygen atoms in total. The molecule has 0 heterocycles. The van der Waals surface area contributed by atoms with E-state index in [1.165, 1.54) is 6.47 Å².